The van der Waals surface area contributed by atoms with Crippen molar-refractivity contribution in [1.29, 1.82) is 0 Å². The molecule has 1 N–H and O–H groups in total. The summed E-state index contributed by atoms with van der Waals surface area (Å²) in [5, 5.41) is 3.20. The lowest BCUT2D eigenvalue weighted by Crippen LogP contribution is -2.50. The number of thioether (sulfide) groups is 1. The Hall–Kier alpha value is -2.27. The molecule has 0 saturated carbocycles. The highest BCUT2D eigenvalue weighted by molar-refractivity contribution is 8.01. The first kappa shape index (κ1) is 17.2. The summed E-state index contributed by atoms with van der Waals surface area (Å²) in [6.07, 6.45) is 1.36. The summed E-state index contributed by atoms with van der Waals surface area (Å²) in [6.45, 7) is 2.07. The third-order valence-corrected chi connectivity index (χ3v) is 6.81. The molecule has 0 bridgehead atoms. The highest BCUT2D eigenvalue weighted by atomic mass is 32.2. The van der Waals surface area contributed by atoms with Crippen LogP contribution in [0.15, 0.2) is 60.7 Å². The van der Waals surface area contributed by atoms with Crippen molar-refractivity contribution in [2.24, 2.45) is 0 Å². The topological polar surface area (TPSA) is 49.4 Å². The Morgan fingerprint density at radius 1 is 1.12 bits per heavy atom. The van der Waals surface area contributed by atoms with E-state index in [0.29, 0.717) is 12.2 Å². The fourth-order valence-corrected chi connectivity index (χ4v) is 5.34. The molecule has 2 atom stereocenters. The number of amides is 2. The van der Waals surface area contributed by atoms with Gasteiger partial charge >= 0.3 is 0 Å². The SMILES string of the molecule is C[C@]12CCC(=O)N1[C@H](C(=O)NC(c1ccccc1)c1ccccc1)CS2. The van der Waals surface area contributed by atoms with Gasteiger partial charge in [0.2, 0.25) is 11.8 Å². The lowest BCUT2D eigenvalue weighted by Gasteiger charge is -2.31. The number of carbonyl (C=O) groups is 2. The van der Waals surface area contributed by atoms with Gasteiger partial charge in [0, 0.05) is 12.2 Å². The summed E-state index contributed by atoms with van der Waals surface area (Å²) in [5.74, 6) is 0.674. The van der Waals surface area contributed by atoms with Crippen molar-refractivity contribution >= 4 is 23.6 Å². The smallest absolute Gasteiger partial charge is 0.244 e. The molecule has 0 spiro atoms. The summed E-state index contributed by atoms with van der Waals surface area (Å²) in [6, 6.07) is 19.3. The van der Waals surface area contributed by atoms with Gasteiger partial charge in [-0.25, -0.2) is 0 Å². The molecular formula is C21H22N2O2S. The van der Waals surface area contributed by atoms with Crippen LogP contribution in [0.25, 0.3) is 0 Å². The Labute approximate surface area is 158 Å². The maximum Gasteiger partial charge on any atom is 0.244 e. The molecule has 2 saturated heterocycles. The number of nitrogens with one attached hydrogen (secondary N) is 1. The van der Waals surface area contributed by atoms with Gasteiger partial charge in [0.1, 0.15) is 6.04 Å². The maximum absolute atomic E-state index is 13.1. The molecule has 2 aromatic rings. The number of carbonyl (C=O) groups excluding carboxylic acids is 2. The van der Waals surface area contributed by atoms with Crippen molar-refractivity contribution in [3.8, 4) is 0 Å². The van der Waals surface area contributed by atoms with Crippen molar-refractivity contribution in [2.75, 3.05) is 5.75 Å². The second-order valence-electron chi connectivity index (χ2n) is 7.03. The number of nitrogens with zero attached hydrogens (tertiary/aromatic N) is 1. The van der Waals surface area contributed by atoms with Gasteiger partial charge in [0.25, 0.3) is 0 Å². The molecule has 2 aliphatic heterocycles. The zero-order chi connectivity index (χ0) is 18.1. The van der Waals surface area contributed by atoms with Crippen molar-refractivity contribution < 1.29 is 9.59 Å². The monoisotopic (exact) mass is 366 g/mol. The second kappa shape index (κ2) is 6.80. The van der Waals surface area contributed by atoms with Crippen molar-refractivity contribution in [1.82, 2.24) is 10.2 Å². The van der Waals surface area contributed by atoms with E-state index in [1.54, 1.807) is 16.7 Å². The first-order valence-corrected chi connectivity index (χ1v) is 9.93. The van der Waals surface area contributed by atoms with Crippen molar-refractivity contribution in [2.45, 2.75) is 36.7 Å². The third-order valence-electron chi connectivity index (χ3n) is 5.30. The average Bonchev–Trinajstić information content (AvgIpc) is 3.17. The zero-order valence-electron chi connectivity index (χ0n) is 14.7. The minimum Gasteiger partial charge on any atom is -0.343 e. The average molecular weight is 366 g/mol. The van der Waals surface area contributed by atoms with Gasteiger partial charge in [0.15, 0.2) is 0 Å². The van der Waals surface area contributed by atoms with Crippen LogP contribution in [0.4, 0.5) is 0 Å². The van der Waals surface area contributed by atoms with E-state index in [4.69, 9.17) is 0 Å². The number of benzene rings is 2. The van der Waals surface area contributed by atoms with Crippen LogP contribution in [-0.2, 0) is 9.59 Å². The molecule has 2 amide bonds. The standard InChI is InChI=1S/C21H22N2O2S/c1-21-13-12-18(24)23(21)17(14-26-21)20(25)22-19(15-8-4-2-5-9-15)16-10-6-3-7-11-16/h2-11,17,19H,12-14H2,1H3,(H,22,25)/t17-,21-/m0/s1. The van der Waals surface area contributed by atoms with Gasteiger partial charge < -0.3 is 10.2 Å². The zero-order valence-corrected chi connectivity index (χ0v) is 15.5. The van der Waals surface area contributed by atoms with Crippen LogP contribution in [0, 0.1) is 0 Å². The molecule has 2 aromatic carbocycles. The molecule has 0 aromatic heterocycles. The number of rotatable bonds is 4. The van der Waals surface area contributed by atoms with Crippen LogP contribution in [0.5, 0.6) is 0 Å². The Morgan fingerprint density at radius 2 is 1.69 bits per heavy atom. The lowest BCUT2D eigenvalue weighted by atomic mass is 9.98. The Bertz CT molecular complexity index is 772. The molecule has 2 fully saturated rings. The molecule has 134 valence electrons. The van der Waals surface area contributed by atoms with Gasteiger partial charge in [0.05, 0.1) is 10.9 Å². The molecule has 0 aliphatic carbocycles. The van der Waals surface area contributed by atoms with Gasteiger partial charge in [-0.05, 0) is 24.5 Å². The van der Waals surface area contributed by atoms with Gasteiger partial charge in [-0.3, -0.25) is 9.59 Å². The molecule has 4 nitrogen and oxygen atoms in total. The van der Waals surface area contributed by atoms with Crippen LogP contribution < -0.4 is 5.32 Å². The van der Waals surface area contributed by atoms with Crippen LogP contribution in [0.3, 0.4) is 0 Å². The summed E-state index contributed by atoms with van der Waals surface area (Å²) >= 11 is 1.72. The predicted octanol–water partition coefficient (Wildman–Crippen LogP) is 3.35. The first-order valence-electron chi connectivity index (χ1n) is 8.95. The molecule has 0 unspecified atom stereocenters. The molecular weight excluding hydrogens is 344 g/mol. The van der Waals surface area contributed by atoms with E-state index in [0.717, 1.165) is 17.5 Å². The van der Waals surface area contributed by atoms with Crippen molar-refractivity contribution in [3.63, 3.8) is 0 Å². The van der Waals surface area contributed by atoms with Gasteiger partial charge in [-0.15, -0.1) is 11.8 Å². The van der Waals surface area contributed by atoms with E-state index < -0.39 is 6.04 Å². The Kier molecular flexibility index (Phi) is 4.49. The molecule has 4 rings (SSSR count). The fourth-order valence-electron chi connectivity index (χ4n) is 3.90. The number of hydrogen-bond acceptors (Lipinski definition) is 3. The van der Waals surface area contributed by atoms with Crippen LogP contribution in [-0.4, -0.2) is 33.4 Å². The van der Waals surface area contributed by atoms with E-state index in [1.165, 1.54) is 0 Å². The van der Waals surface area contributed by atoms with Gasteiger partial charge in [-0.2, -0.15) is 0 Å². The van der Waals surface area contributed by atoms with Crippen LogP contribution >= 0.6 is 11.8 Å². The summed E-state index contributed by atoms with van der Waals surface area (Å²) in [5.41, 5.74) is 2.07. The van der Waals surface area contributed by atoms with Crippen LogP contribution in [0.2, 0.25) is 0 Å². The quantitative estimate of drug-likeness (QED) is 0.903. The largest absolute Gasteiger partial charge is 0.343 e. The molecule has 2 heterocycles. The second-order valence-corrected chi connectivity index (χ2v) is 8.53. The van der Waals surface area contributed by atoms with Crippen molar-refractivity contribution in [3.05, 3.63) is 71.8 Å². The van der Waals surface area contributed by atoms with E-state index in [9.17, 15) is 9.59 Å². The summed E-state index contributed by atoms with van der Waals surface area (Å²) in [4.78, 5) is 27.0. The van der Waals surface area contributed by atoms with E-state index in [-0.39, 0.29) is 22.7 Å². The first-order chi connectivity index (χ1) is 12.6. The highest BCUT2D eigenvalue weighted by Gasteiger charge is 2.53. The third kappa shape index (κ3) is 3.01. The van der Waals surface area contributed by atoms with E-state index in [2.05, 4.69) is 12.2 Å². The summed E-state index contributed by atoms with van der Waals surface area (Å²) < 4.78 is 0. The lowest BCUT2D eigenvalue weighted by molar-refractivity contribution is -0.138. The normalized spacial score (nSPS) is 24.8. The van der Waals surface area contributed by atoms with Crippen LogP contribution in [0.1, 0.15) is 36.9 Å². The highest BCUT2D eigenvalue weighted by Crippen LogP contribution is 2.47. The predicted molar refractivity (Wildman–Crippen MR) is 104 cm³/mol. The number of hydrogen-bond donors (Lipinski definition) is 1. The molecule has 26 heavy (non-hydrogen) atoms. The molecule has 5 heteroatoms. The minimum atomic E-state index is -0.394. The Balaban J connectivity index is 1.60. The fraction of sp³-hybridized carbons (Fsp3) is 0.333. The number of fused-ring (bicyclic) bond motifs is 1. The molecule has 0 radical (unpaired) electrons. The molecule has 2 aliphatic rings. The maximum atomic E-state index is 13.1. The van der Waals surface area contributed by atoms with E-state index in [1.807, 2.05) is 60.7 Å². The van der Waals surface area contributed by atoms with Gasteiger partial charge in [-0.1, -0.05) is 60.7 Å². The Morgan fingerprint density at radius 3 is 2.27 bits per heavy atom. The minimum absolute atomic E-state index is 0.0748. The van der Waals surface area contributed by atoms with E-state index >= 15 is 0 Å². The summed E-state index contributed by atoms with van der Waals surface area (Å²) in [7, 11) is 0.